The number of quaternary nitrogens is 1. The molecule has 28 heavy (non-hydrogen) atoms. The minimum Gasteiger partial charge on any atom is -0.652 e. The first-order valence-electron chi connectivity index (χ1n) is 11.0. The lowest BCUT2D eigenvalue weighted by Crippen LogP contribution is -2.56. The van der Waals surface area contributed by atoms with Crippen molar-refractivity contribution >= 4 is 15.0 Å². The zero-order valence-electron chi connectivity index (χ0n) is 19.5. The van der Waals surface area contributed by atoms with E-state index in [9.17, 15) is 0 Å². The molecule has 0 spiro atoms. The number of unbranched alkanes of at least 4 members (excludes halogenated alkanes) is 3. The second kappa shape index (κ2) is 16.2. The van der Waals surface area contributed by atoms with Gasteiger partial charge >= 0.3 is 10.2 Å². The predicted octanol–water partition coefficient (Wildman–Crippen LogP) is 2.28. The Morgan fingerprint density at radius 1 is 0.857 bits per heavy atom. The summed E-state index contributed by atoms with van der Waals surface area (Å²) in [5, 5.41) is 16.7. The van der Waals surface area contributed by atoms with Crippen molar-refractivity contribution in [3.05, 3.63) is 0 Å². The molecule has 0 unspecified atom stereocenters. The summed E-state index contributed by atoms with van der Waals surface area (Å²) in [4.78, 5) is 8.33. The molecule has 0 amide bonds. The summed E-state index contributed by atoms with van der Waals surface area (Å²) >= 11 is 0. The highest BCUT2D eigenvalue weighted by atomic mass is 28.4. The summed E-state index contributed by atoms with van der Waals surface area (Å²) in [5.41, 5.74) is 0. The fourth-order valence-electron chi connectivity index (χ4n) is 3.99. The standard InChI is InChI=1S/C19H42NO3Si.CH2O3/c1-5-9-10-12-15-20(16-13-11-14-17-20)18-19-24(21-6-2,22-7-3)23-8-4;2-1(3)4/h5-19H2,1-4H3;(H2,2,3,4)/q+1;/p-1. The summed E-state index contributed by atoms with van der Waals surface area (Å²) in [7, 11) is -2.50. The summed E-state index contributed by atoms with van der Waals surface area (Å²) in [6.45, 7) is 15.7. The van der Waals surface area contributed by atoms with Crippen LogP contribution in [-0.4, -0.2) is 65.4 Å². The Kier molecular flexibility index (Phi) is 15.8. The molecule has 1 aliphatic rings. The summed E-state index contributed by atoms with van der Waals surface area (Å²) in [5.74, 6) is 0. The highest BCUT2D eigenvalue weighted by Crippen LogP contribution is 2.25. The molecule has 0 atom stereocenters. The van der Waals surface area contributed by atoms with Crippen LogP contribution in [0.3, 0.4) is 0 Å². The molecule has 0 bridgehead atoms. The molecule has 168 valence electrons. The molecule has 0 aromatic rings. The number of nitrogens with zero attached hydrogens (tertiary/aromatic N) is 1. The third-order valence-electron chi connectivity index (χ3n) is 5.24. The molecule has 1 saturated heterocycles. The van der Waals surface area contributed by atoms with Crippen LogP contribution in [0, 0.1) is 0 Å². The number of hydrogen-bond donors (Lipinski definition) is 0. The Balaban J connectivity index is 0. The van der Waals surface area contributed by atoms with Gasteiger partial charge in [-0.3, -0.25) is 0 Å². The Hall–Kier alpha value is -0.673. The zero-order valence-corrected chi connectivity index (χ0v) is 19.5. The zero-order chi connectivity index (χ0) is 21.3. The minimum atomic E-state index is -2.50. The highest BCUT2D eigenvalue weighted by Gasteiger charge is 2.44. The van der Waals surface area contributed by atoms with Gasteiger partial charge in [0.05, 0.1) is 32.2 Å². The van der Waals surface area contributed by atoms with Gasteiger partial charge in [-0.1, -0.05) is 19.8 Å². The van der Waals surface area contributed by atoms with Gasteiger partial charge in [0, 0.05) is 19.8 Å². The van der Waals surface area contributed by atoms with Gasteiger partial charge in [0.1, 0.15) is 0 Å². The molecule has 0 N–H and O–H groups in total. The van der Waals surface area contributed by atoms with Gasteiger partial charge in [0.15, 0.2) is 0 Å². The molecule has 1 aliphatic heterocycles. The molecule has 1 rings (SSSR count). The fourth-order valence-corrected chi connectivity index (χ4v) is 6.74. The van der Waals surface area contributed by atoms with E-state index in [4.69, 9.17) is 28.3 Å². The molecule has 0 radical (unpaired) electrons. The lowest BCUT2D eigenvalue weighted by atomic mass is 10.1. The minimum absolute atomic E-state index is 0. The third kappa shape index (κ3) is 12.0. The first-order chi connectivity index (χ1) is 13.4. The third-order valence-corrected chi connectivity index (χ3v) is 8.26. The fraction of sp³-hybridized carbons (Fsp3) is 0.950. The van der Waals surface area contributed by atoms with Crippen LogP contribution in [-0.2, 0) is 13.3 Å². The van der Waals surface area contributed by atoms with Crippen LogP contribution in [0.25, 0.3) is 0 Å². The number of carbonyl (C=O) groups excluding carboxylic acids is 1. The Labute approximate surface area is 174 Å². The molecule has 1 heterocycles. The van der Waals surface area contributed by atoms with E-state index in [-0.39, 0.29) is 1.43 Å². The maximum absolute atomic E-state index is 8.33. The van der Waals surface area contributed by atoms with Crippen LogP contribution in [0.2, 0.25) is 6.04 Å². The van der Waals surface area contributed by atoms with Crippen molar-refractivity contribution in [2.24, 2.45) is 0 Å². The van der Waals surface area contributed by atoms with Crippen LogP contribution in [0.5, 0.6) is 0 Å². The normalized spacial score (nSPS) is 16.3. The quantitative estimate of drug-likeness (QED) is 0.243. The van der Waals surface area contributed by atoms with Crippen molar-refractivity contribution in [2.45, 2.75) is 78.7 Å². The Bertz CT molecular complexity index is 376. The van der Waals surface area contributed by atoms with Crippen LogP contribution < -0.4 is 10.2 Å². The summed E-state index contributed by atoms with van der Waals surface area (Å²) in [6.07, 6.45) is 7.24. The summed E-state index contributed by atoms with van der Waals surface area (Å²) < 4.78 is 19.5. The highest BCUT2D eigenvalue weighted by molar-refractivity contribution is 6.60. The van der Waals surface area contributed by atoms with Crippen molar-refractivity contribution in [2.75, 3.05) is 46.0 Å². The van der Waals surface area contributed by atoms with Crippen LogP contribution >= 0.6 is 0 Å². The summed E-state index contributed by atoms with van der Waals surface area (Å²) in [6, 6.07) is 0.969. The number of carboxylic acid groups (broad SMARTS) is 2. The molecule has 8 heteroatoms. The van der Waals surface area contributed by atoms with E-state index in [1.54, 1.807) is 0 Å². The monoisotopic (exact) mass is 421 g/mol. The molecule has 0 aliphatic carbocycles. The lowest BCUT2D eigenvalue weighted by Gasteiger charge is -2.43. The average molecular weight is 422 g/mol. The van der Waals surface area contributed by atoms with E-state index < -0.39 is 15.0 Å². The van der Waals surface area contributed by atoms with Gasteiger partial charge in [-0.15, -0.1) is 0 Å². The second-order valence-corrected chi connectivity index (χ2v) is 10.1. The van der Waals surface area contributed by atoms with Crippen molar-refractivity contribution in [1.82, 2.24) is 0 Å². The van der Waals surface area contributed by atoms with Gasteiger partial charge in [-0.25, -0.2) is 0 Å². The smallest absolute Gasteiger partial charge is 0.652 e. The Morgan fingerprint density at radius 2 is 1.36 bits per heavy atom. The van der Waals surface area contributed by atoms with Gasteiger partial charge in [0.25, 0.3) is 0 Å². The molecule has 1 fully saturated rings. The van der Waals surface area contributed by atoms with Gasteiger partial charge in [-0.2, -0.15) is 0 Å². The SMILES string of the molecule is CCCCCC[N+]1(CC[Si](OCC)(OCC)OCC)CCCCC1.O=C([O-])[O-].[H+]. The molecule has 0 aromatic heterocycles. The van der Waals surface area contributed by atoms with Gasteiger partial charge in [0.2, 0.25) is 0 Å². The van der Waals surface area contributed by atoms with E-state index in [0.29, 0.717) is 19.8 Å². The van der Waals surface area contributed by atoms with E-state index in [2.05, 4.69) is 27.7 Å². The first-order valence-corrected chi connectivity index (χ1v) is 13.0. The molecule has 0 aromatic carbocycles. The largest absolute Gasteiger partial charge is 1.00 e. The average Bonchev–Trinajstić information content (AvgIpc) is 2.65. The van der Waals surface area contributed by atoms with Crippen LogP contribution in [0.1, 0.15) is 74.1 Å². The molecule has 0 saturated carbocycles. The molecular formula is C20H43NO6Si. The van der Waals surface area contributed by atoms with Crippen molar-refractivity contribution in [3.63, 3.8) is 0 Å². The number of hydrogen-bond acceptors (Lipinski definition) is 6. The van der Waals surface area contributed by atoms with Crippen LogP contribution in [0.15, 0.2) is 0 Å². The molecular weight excluding hydrogens is 378 g/mol. The second-order valence-electron chi connectivity index (χ2n) is 7.34. The number of rotatable bonds is 14. The van der Waals surface area contributed by atoms with Crippen molar-refractivity contribution in [1.29, 1.82) is 0 Å². The predicted molar refractivity (Wildman–Crippen MR) is 110 cm³/mol. The topological polar surface area (TPSA) is 90.9 Å². The van der Waals surface area contributed by atoms with Crippen LogP contribution in [0.4, 0.5) is 4.79 Å². The maximum Gasteiger partial charge on any atom is 1.00 e. The maximum atomic E-state index is 8.33. The van der Waals surface area contributed by atoms with Gasteiger partial charge < -0.3 is 32.8 Å². The number of likely N-dealkylation sites (tertiary alicyclic amines) is 1. The number of carbonyl (C=O) groups is 1. The lowest BCUT2D eigenvalue weighted by molar-refractivity contribution is -0.931. The first kappa shape index (κ1) is 27.3. The van der Waals surface area contributed by atoms with E-state index in [0.717, 1.165) is 6.04 Å². The number of piperidine rings is 1. The van der Waals surface area contributed by atoms with E-state index >= 15 is 0 Å². The van der Waals surface area contributed by atoms with Crippen molar-refractivity contribution < 1.29 is 34.2 Å². The van der Waals surface area contributed by atoms with Crippen molar-refractivity contribution in [3.8, 4) is 0 Å². The molecule has 7 nitrogen and oxygen atoms in total. The van der Waals surface area contributed by atoms with Gasteiger partial charge in [-0.05, 0) is 59.0 Å². The van der Waals surface area contributed by atoms with E-state index in [1.807, 2.05) is 0 Å². The van der Waals surface area contributed by atoms with E-state index in [1.165, 1.54) is 75.6 Å². The Morgan fingerprint density at radius 3 is 1.79 bits per heavy atom.